The summed E-state index contributed by atoms with van der Waals surface area (Å²) in [7, 11) is 0. The molecule has 0 aliphatic carbocycles. The smallest absolute Gasteiger partial charge is 0.410 e. The monoisotopic (exact) mass is 389 g/mol. The van der Waals surface area contributed by atoms with Crippen molar-refractivity contribution in [1.82, 2.24) is 20.1 Å². The Kier molecular flexibility index (Phi) is 6.26. The third kappa shape index (κ3) is 5.50. The van der Waals surface area contributed by atoms with E-state index in [1.807, 2.05) is 39.0 Å². The predicted molar refractivity (Wildman–Crippen MR) is 107 cm³/mol. The van der Waals surface area contributed by atoms with Crippen LogP contribution in [0, 0.1) is 0 Å². The van der Waals surface area contributed by atoms with Crippen LogP contribution in [0.3, 0.4) is 0 Å². The molecule has 154 valence electrons. The average Bonchev–Trinajstić information content (AvgIpc) is 2.68. The van der Waals surface area contributed by atoms with Gasteiger partial charge in [0, 0.05) is 51.5 Å². The number of hydrogen-bond donors (Lipinski definition) is 1. The lowest BCUT2D eigenvalue weighted by atomic mass is 10.1. The molecule has 3 rings (SSSR count). The van der Waals surface area contributed by atoms with Crippen LogP contribution in [0.5, 0.6) is 0 Å². The fraction of sp³-hybridized carbons (Fsp3) is 0.650. The zero-order chi connectivity index (χ0) is 20.1. The number of urea groups is 1. The topological polar surface area (TPSA) is 78.0 Å². The van der Waals surface area contributed by atoms with Crippen LogP contribution in [0.25, 0.3) is 0 Å². The molecule has 0 atom stereocenters. The number of amides is 3. The van der Waals surface area contributed by atoms with Crippen molar-refractivity contribution in [2.45, 2.75) is 45.3 Å². The highest BCUT2D eigenvalue weighted by Crippen LogP contribution is 2.18. The lowest BCUT2D eigenvalue weighted by molar-refractivity contribution is 0.0169. The largest absolute Gasteiger partial charge is 0.444 e. The van der Waals surface area contributed by atoms with Gasteiger partial charge in [0.15, 0.2) is 0 Å². The molecule has 2 fully saturated rings. The van der Waals surface area contributed by atoms with Gasteiger partial charge in [-0.1, -0.05) is 6.07 Å². The molecule has 28 heavy (non-hydrogen) atoms. The fourth-order valence-electron chi connectivity index (χ4n) is 3.48. The highest BCUT2D eigenvalue weighted by Gasteiger charge is 2.29. The van der Waals surface area contributed by atoms with Crippen LogP contribution in [-0.4, -0.2) is 77.8 Å². The lowest BCUT2D eigenvalue weighted by Gasteiger charge is -2.37. The molecule has 3 heterocycles. The van der Waals surface area contributed by atoms with Crippen molar-refractivity contribution in [2.75, 3.05) is 44.2 Å². The number of ether oxygens (including phenoxy) is 1. The maximum atomic E-state index is 12.6. The number of hydrogen-bond acceptors (Lipinski definition) is 5. The zero-order valence-corrected chi connectivity index (χ0v) is 17.1. The van der Waals surface area contributed by atoms with E-state index in [2.05, 4.69) is 15.2 Å². The molecule has 3 amide bonds. The summed E-state index contributed by atoms with van der Waals surface area (Å²) in [6, 6.07) is 6.06. The molecule has 0 radical (unpaired) electrons. The fourth-order valence-corrected chi connectivity index (χ4v) is 3.48. The summed E-state index contributed by atoms with van der Waals surface area (Å²) in [6.07, 6.45) is 3.30. The predicted octanol–water partition coefficient (Wildman–Crippen LogP) is 2.31. The van der Waals surface area contributed by atoms with Gasteiger partial charge in [-0.3, -0.25) is 0 Å². The highest BCUT2D eigenvalue weighted by molar-refractivity contribution is 5.75. The van der Waals surface area contributed by atoms with Crippen LogP contribution >= 0.6 is 0 Å². The van der Waals surface area contributed by atoms with Gasteiger partial charge >= 0.3 is 12.1 Å². The molecule has 8 nitrogen and oxygen atoms in total. The van der Waals surface area contributed by atoms with Crippen molar-refractivity contribution in [1.29, 1.82) is 0 Å². The van der Waals surface area contributed by atoms with Crippen LogP contribution in [0.15, 0.2) is 24.4 Å². The zero-order valence-electron chi connectivity index (χ0n) is 17.1. The first-order chi connectivity index (χ1) is 13.3. The van der Waals surface area contributed by atoms with Crippen molar-refractivity contribution < 1.29 is 14.3 Å². The Morgan fingerprint density at radius 3 is 2.25 bits per heavy atom. The van der Waals surface area contributed by atoms with Crippen molar-refractivity contribution >= 4 is 17.9 Å². The van der Waals surface area contributed by atoms with Gasteiger partial charge in [-0.2, -0.15) is 0 Å². The molecule has 0 saturated carbocycles. The van der Waals surface area contributed by atoms with E-state index in [1.54, 1.807) is 16.0 Å². The molecule has 2 aliphatic heterocycles. The Bertz CT molecular complexity index is 660. The van der Waals surface area contributed by atoms with Crippen LogP contribution in [-0.2, 0) is 4.74 Å². The SMILES string of the molecule is CC(C)(C)OC(=O)N1CCN(C(=O)NC2CCN(c3ccccn3)CC2)CC1. The molecular formula is C20H31N5O3. The number of carbonyl (C=O) groups is 2. The first-order valence-corrected chi connectivity index (χ1v) is 10.0. The molecule has 1 N–H and O–H groups in total. The van der Waals surface area contributed by atoms with Gasteiger partial charge < -0.3 is 24.8 Å². The second-order valence-electron chi connectivity index (χ2n) is 8.35. The Morgan fingerprint density at radius 1 is 1.04 bits per heavy atom. The summed E-state index contributed by atoms with van der Waals surface area (Å²) in [5, 5.41) is 3.15. The Morgan fingerprint density at radius 2 is 1.68 bits per heavy atom. The Hall–Kier alpha value is -2.51. The third-order valence-electron chi connectivity index (χ3n) is 5.01. The quantitative estimate of drug-likeness (QED) is 0.840. The Balaban J connectivity index is 1.40. The number of aromatic nitrogens is 1. The minimum Gasteiger partial charge on any atom is -0.444 e. The molecule has 0 spiro atoms. The van der Waals surface area contributed by atoms with E-state index in [-0.39, 0.29) is 18.2 Å². The highest BCUT2D eigenvalue weighted by atomic mass is 16.6. The average molecular weight is 390 g/mol. The molecule has 2 aliphatic rings. The van der Waals surface area contributed by atoms with Gasteiger partial charge in [0.2, 0.25) is 0 Å². The first-order valence-electron chi connectivity index (χ1n) is 10.0. The van der Waals surface area contributed by atoms with Gasteiger partial charge in [-0.15, -0.1) is 0 Å². The number of anilines is 1. The van der Waals surface area contributed by atoms with Crippen LogP contribution < -0.4 is 10.2 Å². The molecule has 0 aromatic carbocycles. The third-order valence-corrected chi connectivity index (χ3v) is 5.01. The van der Waals surface area contributed by atoms with Crippen LogP contribution in [0.2, 0.25) is 0 Å². The lowest BCUT2D eigenvalue weighted by Crippen LogP contribution is -2.56. The van der Waals surface area contributed by atoms with E-state index in [1.165, 1.54) is 0 Å². The number of piperidine rings is 1. The summed E-state index contributed by atoms with van der Waals surface area (Å²) in [5.41, 5.74) is -0.504. The van der Waals surface area contributed by atoms with E-state index < -0.39 is 5.60 Å². The minimum atomic E-state index is -0.504. The standard InChI is InChI=1S/C20H31N5O3/c1-20(2,3)28-19(27)25-14-12-24(13-15-25)18(26)22-16-7-10-23(11-8-16)17-6-4-5-9-21-17/h4-6,9,16H,7-8,10-15H2,1-3H3,(H,22,26). The van der Waals surface area contributed by atoms with Gasteiger partial charge in [0.05, 0.1) is 0 Å². The number of piperazine rings is 1. The van der Waals surface area contributed by atoms with Crippen molar-refractivity contribution in [3.8, 4) is 0 Å². The maximum absolute atomic E-state index is 12.6. The number of carbonyl (C=O) groups excluding carboxylic acids is 2. The van der Waals surface area contributed by atoms with Crippen molar-refractivity contribution in [3.63, 3.8) is 0 Å². The van der Waals surface area contributed by atoms with E-state index in [0.29, 0.717) is 26.2 Å². The van der Waals surface area contributed by atoms with Gasteiger partial charge in [-0.25, -0.2) is 14.6 Å². The van der Waals surface area contributed by atoms with Gasteiger partial charge in [-0.05, 0) is 45.7 Å². The molecule has 2 saturated heterocycles. The number of nitrogens with zero attached hydrogens (tertiary/aromatic N) is 4. The van der Waals surface area contributed by atoms with E-state index >= 15 is 0 Å². The normalized spacial score (nSPS) is 18.8. The molecule has 8 heteroatoms. The van der Waals surface area contributed by atoms with Gasteiger partial charge in [0.25, 0.3) is 0 Å². The molecule has 0 bridgehead atoms. The van der Waals surface area contributed by atoms with E-state index in [0.717, 1.165) is 31.7 Å². The second-order valence-corrected chi connectivity index (χ2v) is 8.35. The summed E-state index contributed by atoms with van der Waals surface area (Å²) in [6.45, 7) is 9.38. The minimum absolute atomic E-state index is 0.0416. The van der Waals surface area contributed by atoms with Crippen LogP contribution in [0.1, 0.15) is 33.6 Å². The molecule has 1 aromatic rings. The van der Waals surface area contributed by atoms with E-state index in [4.69, 9.17) is 4.74 Å². The van der Waals surface area contributed by atoms with E-state index in [9.17, 15) is 9.59 Å². The van der Waals surface area contributed by atoms with Crippen molar-refractivity contribution in [3.05, 3.63) is 24.4 Å². The summed E-state index contributed by atoms with van der Waals surface area (Å²) < 4.78 is 5.40. The molecule has 0 unspecified atom stereocenters. The molecular weight excluding hydrogens is 358 g/mol. The first kappa shape index (κ1) is 20.2. The summed E-state index contributed by atoms with van der Waals surface area (Å²) in [4.78, 5) is 34.8. The van der Waals surface area contributed by atoms with Crippen molar-refractivity contribution in [2.24, 2.45) is 0 Å². The molecule has 1 aromatic heterocycles. The van der Waals surface area contributed by atoms with Gasteiger partial charge in [0.1, 0.15) is 11.4 Å². The number of pyridine rings is 1. The second kappa shape index (κ2) is 8.67. The maximum Gasteiger partial charge on any atom is 0.410 e. The summed E-state index contributed by atoms with van der Waals surface area (Å²) in [5.74, 6) is 0.991. The number of nitrogens with one attached hydrogen (secondary N) is 1. The number of rotatable bonds is 2. The van der Waals surface area contributed by atoms with Crippen LogP contribution in [0.4, 0.5) is 15.4 Å². The Labute approximate surface area is 166 Å². The summed E-state index contributed by atoms with van der Waals surface area (Å²) >= 11 is 0.